The molecular formula is C13H22N4O4S. The fourth-order valence-corrected chi connectivity index (χ4v) is 2.95. The molecule has 0 aliphatic rings. The van der Waals surface area contributed by atoms with Gasteiger partial charge in [0.2, 0.25) is 9.84 Å². The van der Waals surface area contributed by atoms with E-state index in [0.717, 1.165) is 17.4 Å². The van der Waals surface area contributed by atoms with Gasteiger partial charge in [0.25, 0.3) is 5.16 Å². The Kier molecular flexibility index (Phi) is 7.19. The summed E-state index contributed by atoms with van der Waals surface area (Å²) < 4.78 is 29.9. The van der Waals surface area contributed by atoms with Gasteiger partial charge in [-0.05, 0) is 6.42 Å². The lowest BCUT2D eigenvalue weighted by atomic mass is 10.4. The number of carbonyl (C=O) groups is 1. The first-order chi connectivity index (χ1) is 10.5. The summed E-state index contributed by atoms with van der Waals surface area (Å²) in [7, 11) is -2.02. The van der Waals surface area contributed by atoms with Crippen LogP contribution in [0.2, 0.25) is 0 Å². The number of aromatic nitrogens is 3. The van der Waals surface area contributed by atoms with Crippen LogP contribution in [0, 0.1) is 0 Å². The van der Waals surface area contributed by atoms with Crippen LogP contribution >= 0.6 is 0 Å². The molecule has 0 saturated carbocycles. The van der Waals surface area contributed by atoms with Gasteiger partial charge < -0.3 is 9.64 Å². The van der Waals surface area contributed by atoms with Gasteiger partial charge in [-0.15, -0.1) is 11.7 Å². The predicted octanol–water partition coefficient (Wildman–Crippen LogP) is 0.954. The van der Waals surface area contributed by atoms with Crippen LogP contribution in [-0.2, 0) is 14.6 Å². The fraction of sp³-hybridized carbons (Fsp3) is 0.615. The summed E-state index contributed by atoms with van der Waals surface area (Å²) in [5, 5.41) is 3.48. The number of sulfone groups is 1. The van der Waals surface area contributed by atoms with Crippen molar-refractivity contribution in [1.29, 1.82) is 0 Å². The van der Waals surface area contributed by atoms with Crippen LogP contribution in [0.5, 0.6) is 0 Å². The molecule has 0 radical (unpaired) electrons. The first kappa shape index (κ1) is 18.3. The molecule has 0 bridgehead atoms. The lowest BCUT2D eigenvalue weighted by Gasteiger charge is -2.19. The van der Waals surface area contributed by atoms with E-state index < -0.39 is 15.9 Å². The first-order valence-corrected chi connectivity index (χ1v) is 8.65. The molecule has 0 N–H and O–H groups in total. The van der Waals surface area contributed by atoms with Crippen molar-refractivity contribution in [2.75, 3.05) is 32.6 Å². The molecule has 1 aromatic rings. The maximum absolute atomic E-state index is 12.3. The molecule has 0 aromatic carbocycles. The predicted molar refractivity (Wildman–Crippen MR) is 81.4 cm³/mol. The van der Waals surface area contributed by atoms with E-state index in [-0.39, 0.29) is 10.9 Å². The Morgan fingerprint density at radius 2 is 2.27 bits per heavy atom. The molecule has 0 unspecified atom stereocenters. The summed E-state index contributed by atoms with van der Waals surface area (Å²) in [5.74, 6) is -0.0260. The number of unbranched alkanes of at least 4 members (excludes halogenated alkanes) is 1. The van der Waals surface area contributed by atoms with E-state index in [1.807, 2.05) is 6.92 Å². The molecule has 1 heterocycles. The van der Waals surface area contributed by atoms with Gasteiger partial charge in [0.05, 0.1) is 12.4 Å². The maximum Gasteiger partial charge on any atom is 0.346 e. The highest BCUT2D eigenvalue weighted by Crippen LogP contribution is 2.07. The highest BCUT2D eigenvalue weighted by atomic mass is 32.2. The average Bonchev–Trinajstić information content (AvgIpc) is 2.99. The number of rotatable bonds is 9. The zero-order valence-corrected chi connectivity index (χ0v) is 13.8. The Balaban J connectivity index is 2.88. The van der Waals surface area contributed by atoms with E-state index in [1.165, 1.54) is 12.0 Å². The zero-order chi connectivity index (χ0) is 16.6. The molecule has 0 fully saturated rings. The van der Waals surface area contributed by atoms with Crippen LogP contribution in [0.25, 0.3) is 0 Å². The van der Waals surface area contributed by atoms with Gasteiger partial charge in [-0.2, -0.15) is 4.68 Å². The molecule has 124 valence electrons. The van der Waals surface area contributed by atoms with Gasteiger partial charge in [0.1, 0.15) is 6.33 Å². The summed E-state index contributed by atoms with van der Waals surface area (Å²) in [6.07, 6.45) is 3.97. The molecule has 0 aliphatic heterocycles. The van der Waals surface area contributed by atoms with Crippen molar-refractivity contribution in [2.45, 2.75) is 24.9 Å². The largest absolute Gasteiger partial charge is 0.383 e. The van der Waals surface area contributed by atoms with Crippen LogP contribution in [0.3, 0.4) is 0 Å². The lowest BCUT2D eigenvalue weighted by Crippen LogP contribution is -2.37. The molecule has 1 amide bonds. The van der Waals surface area contributed by atoms with Crippen molar-refractivity contribution >= 4 is 15.9 Å². The highest BCUT2D eigenvalue weighted by Gasteiger charge is 2.22. The minimum absolute atomic E-state index is 0.0260. The van der Waals surface area contributed by atoms with E-state index >= 15 is 0 Å². The minimum atomic E-state index is -3.55. The first-order valence-electron chi connectivity index (χ1n) is 6.99. The Morgan fingerprint density at radius 1 is 1.55 bits per heavy atom. The third kappa shape index (κ3) is 4.92. The van der Waals surface area contributed by atoms with Crippen molar-refractivity contribution in [3.05, 3.63) is 19.0 Å². The molecule has 0 aliphatic carbocycles. The monoisotopic (exact) mass is 330 g/mol. The molecule has 0 spiro atoms. The fourth-order valence-electron chi connectivity index (χ4n) is 1.68. The van der Waals surface area contributed by atoms with Crippen molar-refractivity contribution in [2.24, 2.45) is 0 Å². The number of carbonyl (C=O) groups excluding carboxylic acids is 1. The van der Waals surface area contributed by atoms with Gasteiger partial charge >= 0.3 is 6.03 Å². The normalized spacial score (nSPS) is 11.4. The van der Waals surface area contributed by atoms with E-state index in [2.05, 4.69) is 16.7 Å². The maximum atomic E-state index is 12.3. The van der Waals surface area contributed by atoms with Gasteiger partial charge in [-0.1, -0.05) is 19.4 Å². The summed E-state index contributed by atoms with van der Waals surface area (Å²) in [4.78, 5) is 17.5. The Labute approximate surface area is 130 Å². The number of ether oxygens (including phenoxy) is 1. The Hall–Kier alpha value is -1.74. The second-order valence-corrected chi connectivity index (χ2v) is 6.66. The number of methoxy groups -OCH3 is 1. The molecule has 8 nitrogen and oxygen atoms in total. The van der Waals surface area contributed by atoms with Gasteiger partial charge in [-0.3, -0.25) is 0 Å². The second kappa shape index (κ2) is 8.64. The van der Waals surface area contributed by atoms with Crippen LogP contribution in [-0.4, -0.2) is 66.7 Å². The van der Waals surface area contributed by atoms with Crippen molar-refractivity contribution < 1.29 is 17.9 Å². The average molecular weight is 330 g/mol. The Bertz CT molecular complexity index is 597. The highest BCUT2D eigenvalue weighted by molar-refractivity contribution is 7.91. The molecule has 1 aromatic heterocycles. The standard InChI is InChI=1S/C13H22N4O4S/c1-4-6-10-22(19,20)12-14-11-17(15-12)13(18)16(7-5-2)8-9-21-3/h5,11H,2,4,6-10H2,1,3H3. The quantitative estimate of drug-likeness (QED) is 0.626. The third-order valence-corrected chi connectivity index (χ3v) is 4.47. The molecule has 22 heavy (non-hydrogen) atoms. The van der Waals surface area contributed by atoms with Gasteiger partial charge in [-0.25, -0.2) is 18.2 Å². The SMILES string of the molecule is C=CCN(CCOC)C(=O)n1cnc(S(=O)(=O)CCCC)n1. The summed E-state index contributed by atoms with van der Waals surface area (Å²) in [5.41, 5.74) is 0. The van der Waals surface area contributed by atoms with Crippen molar-refractivity contribution in [3.8, 4) is 0 Å². The Morgan fingerprint density at radius 3 is 2.86 bits per heavy atom. The summed E-state index contributed by atoms with van der Waals surface area (Å²) in [6, 6.07) is -0.471. The van der Waals surface area contributed by atoms with Crippen LogP contribution in [0.4, 0.5) is 4.79 Å². The number of hydrogen-bond acceptors (Lipinski definition) is 6. The summed E-state index contributed by atoms with van der Waals surface area (Å²) >= 11 is 0. The summed E-state index contributed by atoms with van der Waals surface area (Å²) in [6.45, 7) is 6.49. The van der Waals surface area contributed by atoms with E-state index in [4.69, 9.17) is 4.74 Å². The molecular weight excluding hydrogens is 308 g/mol. The number of nitrogens with zero attached hydrogens (tertiary/aromatic N) is 4. The van der Waals surface area contributed by atoms with E-state index in [0.29, 0.717) is 26.1 Å². The van der Waals surface area contributed by atoms with E-state index in [1.54, 1.807) is 6.08 Å². The molecule has 9 heteroatoms. The van der Waals surface area contributed by atoms with Crippen molar-refractivity contribution in [3.63, 3.8) is 0 Å². The van der Waals surface area contributed by atoms with Crippen LogP contribution in [0.1, 0.15) is 19.8 Å². The smallest absolute Gasteiger partial charge is 0.346 e. The zero-order valence-electron chi connectivity index (χ0n) is 12.9. The molecule has 0 atom stereocenters. The molecule has 0 saturated heterocycles. The van der Waals surface area contributed by atoms with Crippen LogP contribution < -0.4 is 0 Å². The second-order valence-electron chi connectivity index (χ2n) is 4.65. The molecule has 1 rings (SSSR count). The number of amides is 1. The topological polar surface area (TPSA) is 94.4 Å². The van der Waals surface area contributed by atoms with Crippen molar-refractivity contribution in [1.82, 2.24) is 19.7 Å². The lowest BCUT2D eigenvalue weighted by molar-refractivity contribution is 0.153. The minimum Gasteiger partial charge on any atom is -0.383 e. The van der Waals surface area contributed by atoms with Gasteiger partial charge in [0.15, 0.2) is 0 Å². The third-order valence-electron chi connectivity index (χ3n) is 2.90. The van der Waals surface area contributed by atoms with Crippen LogP contribution in [0.15, 0.2) is 24.1 Å². The van der Waals surface area contributed by atoms with E-state index in [9.17, 15) is 13.2 Å². The van der Waals surface area contributed by atoms with Gasteiger partial charge in [0, 0.05) is 20.2 Å². The number of hydrogen-bond donors (Lipinski definition) is 0.